The number of benzene rings is 1. The van der Waals surface area contributed by atoms with Crippen LogP contribution in [0.5, 0.6) is 5.75 Å². The van der Waals surface area contributed by atoms with Gasteiger partial charge >= 0.3 is 5.97 Å². The highest BCUT2D eigenvalue weighted by molar-refractivity contribution is 9.10. The molecule has 0 saturated carbocycles. The molecule has 0 heterocycles. The van der Waals surface area contributed by atoms with Crippen LogP contribution in [-0.2, 0) is 4.79 Å². The summed E-state index contributed by atoms with van der Waals surface area (Å²) >= 11 is 3.20. The number of aliphatic carboxylic acids is 1. The Morgan fingerprint density at radius 2 is 2.28 bits per heavy atom. The van der Waals surface area contributed by atoms with Crippen LogP contribution in [0.1, 0.15) is 6.92 Å². The molecule has 0 aliphatic carbocycles. The third kappa shape index (κ3) is 4.17. The first-order chi connectivity index (χ1) is 8.40. The Labute approximate surface area is 111 Å². The minimum atomic E-state index is -1.06. The summed E-state index contributed by atoms with van der Waals surface area (Å²) in [4.78, 5) is 20.5. The minimum Gasteiger partial charge on any atom is -0.488 e. The molecule has 0 bridgehead atoms. The van der Waals surface area contributed by atoms with E-state index in [0.29, 0.717) is 15.8 Å². The summed E-state index contributed by atoms with van der Waals surface area (Å²) in [5.41, 5.74) is 0.411. The van der Waals surface area contributed by atoms with Crippen LogP contribution in [-0.4, -0.2) is 22.6 Å². The molecule has 0 radical (unpaired) electrons. The van der Waals surface area contributed by atoms with E-state index in [2.05, 4.69) is 15.9 Å². The van der Waals surface area contributed by atoms with E-state index in [1.165, 1.54) is 18.2 Å². The Morgan fingerprint density at radius 3 is 2.83 bits per heavy atom. The minimum absolute atomic E-state index is 0.0477. The number of nitro benzene ring substituents is 1. The summed E-state index contributed by atoms with van der Waals surface area (Å²) in [5.74, 6) is -0.767. The molecule has 18 heavy (non-hydrogen) atoms. The van der Waals surface area contributed by atoms with E-state index < -0.39 is 10.9 Å². The van der Waals surface area contributed by atoms with Crippen molar-refractivity contribution in [3.05, 3.63) is 44.4 Å². The van der Waals surface area contributed by atoms with Gasteiger partial charge in [-0.1, -0.05) is 0 Å². The van der Waals surface area contributed by atoms with Crippen molar-refractivity contribution in [1.82, 2.24) is 0 Å². The van der Waals surface area contributed by atoms with Gasteiger partial charge in [-0.3, -0.25) is 10.1 Å². The van der Waals surface area contributed by atoms with Crippen molar-refractivity contribution in [2.45, 2.75) is 6.92 Å². The zero-order chi connectivity index (χ0) is 13.7. The van der Waals surface area contributed by atoms with Gasteiger partial charge in [0, 0.05) is 12.1 Å². The number of rotatable bonds is 5. The zero-order valence-electron chi connectivity index (χ0n) is 9.42. The lowest BCUT2D eigenvalue weighted by atomic mass is 10.3. The van der Waals surface area contributed by atoms with Crippen molar-refractivity contribution in [2.75, 3.05) is 6.61 Å². The molecular weight excluding hydrogens is 306 g/mol. The zero-order valence-corrected chi connectivity index (χ0v) is 11.0. The predicted octanol–water partition coefficient (Wildman–Crippen LogP) is 2.77. The number of nitrogens with zero attached hydrogens (tertiary/aromatic N) is 1. The van der Waals surface area contributed by atoms with Gasteiger partial charge in [0.05, 0.1) is 15.5 Å². The largest absolute Gasteiger partial charge is 0.488 e. The number of non-ortho nitro benzene ring substituents is 1. The Bertz CT molecular complexity index is 512. The normalized spacial score (nSPS) is 11.1. The fourth-order valence-corrected chi connectivity index (χ4v) is 1.52. The molecule has 1 aromatic rings. The number of carbonyl (C=O) groups is 1. The van der Waals surface area contributed by atoms with Crippen LogP contribution in [0, 0.1) is 10.1 Å². The highest BCUT2D eigenvalue weighted by Gasteiger charge is 2.10. The van der Waals surface area contributed by atoms with Crippen molar-refractivity contribution in [2.24, 2.45) is 0 Å². The van der Waals surface area contributed by atoms with Gasteiger partial charge in [0.25, 0.3) is 5.69 Å². The standard InChI is InChI=1S/C11H10BrNO5/c1-7(4-11(14)15)6-18-10-5-8(13(16)17)2-3-9(10)12/h2-5H,6H2,1H3,(H,14,15)/b7-4-. The van der Waals surface area contributed by atoms with E-state index in [4.69, 9.17) is 9.84 Å². The van der Waals surface area contributed by atoms with Gasteiger partial charge in [-0.15, -0.1) is 0 Å². The maximum atomic E-state index is 10.6. The van der Waals surface area contributed by atoms with Crippen LogP contribution in [0.4, 0.5) is 5.69 Å². The summed E-state index contributed by atoms with van der Waals surface area (Å²) in [6, 6.07) is 4.12. The van der Waals surface area contributed by atoms with Crippen molar-refractivity contribution in [3.8, 4) is 5.75 Å². The molecule has 1 N–H and O–H groups in total. The molecular formula is C11H10BrNO5. The van der Waals surface area contributed by atoms with Crippen molar-refractivity contribution < 1.29 is 19.6 Å². The van der Waals surface area contributed by atoms with Gasteiger partial charge in [-0.25, -0.2) is 4.79 Å². The second-order valence-corrected chi connectivity index (χ2v) is 4.34. The van der Waals surface area contributed by atoms with Gasteiger partial charge in [0.15, 0.2) is 0 Å². The van der Waals surface area contributed by atoms with Gasteiger partial charge in [0.2, 0.25) is 0 Å². The van der Waals surface area contributed by atoms with E-state index in [1.54, 1.807) is 6.92 Å². The first-order valence-corrected chi connectivity index (χ1v) is 5.66. The van der Waals surface area contributed by atoms with Crippen molar-refractivity contribution in [1.29, 1.82) is 0 Å². The molecule has 0 atom stereocenters. The van der Waals surface area contributed by atoms with E-state index in [0.717, 1.165) is 6.08 Å². The van der Waals surface area contributed by atoms with Crippen LogP contribution in [0.25, 0.3) is 0 Å². The van der Waals surface area contributed by atoms with Crippen LogP contribution in [0.2, 0.25) is 0 Å². The molecule has 6 nitrogen and oxygen atoms in total. The molecule has 0 fully saturated rings. The summed E-state index contributed by atoms with van der Waals surface area (Å²) in [6.07, 6.45) is 1.02. The lowest BCUT2D eigenvalue weighted by Crippen LogP contribution is -2.02. The summed E-state index contributed by atoms with van der Waals surface area (Å²) in [7, 11) is 0. The van der Waals surface area contributed by atoms with E-state index in [-0.39, 0.29) is 12.3 Å². The number of halogens is 1. The van der Waals surface area contributed by atoms with E-state index >= 15 is 0 Å². The molecule has 96 valence electrons. The van der Waals surface area contributed by atoms with Gasteiger partial charge < -0.3 is 9.84 Å². The second-order valence-electron chi connectivity index (χ2n) is 3.49. The van der Waals surface area contributed by atoms with Crippen molar-refractivity contribution in [3.63, 3.8) is 0 Å². The third-order valence-electron chi connectivity index (χ3n) is 1.95. The smallest absolute Gasteiger partial charge is 0.328 e. The predicted molar refractivity (Wildman–Crippen MR) is 67.7 cm³/mol. The molecule has 0 aromatic heterocycles. The lowest BCUT2D eigenvalue weighted by Gasteiger charge is -2.07. The highest BCUT2D eigenvalue weighted by atomic mass is 79.9. The first kappa shape index (κ1) is 14.2. The fraction of sp³-hybridized carbons (Fsp3) is 0.182. The summed E-state index contributed by atoms with van der Waals surface area (Å²) in [5, 5.41) is 19.1. The molecule has 1 aromatic carbocycles. The third-order valence-corrected chi connectivity index (χ3v) is 2.61. The molecule has 7 heteroatoms. The molecule has 1 rings (SSSR count). The average molecular weight is 316 g/mol. The van der Waals surface area contributed by atoms with Gasteiger partial charge in [-0.2, -0.15) is 0 Å². The molecule has 0 spiro atoms. The number of ether oxygens (including phenoxy) is 1. The van der Waals surface area contributed by atoms with E-state index in [9.17, 15) is 14.9 Å². The van der Waals surface area contributed by atoms with Gasteiger partial charge in [0.1, 0.15) is 12.4 Å². The van der Waals surface area contributed by atoms with Crippen LogP contribution < -0.4 is 4.74 Å². The Hall–Kier alpha value is -1.89. The number of hydrogen-bond acceptors (Lipinski definition) is 4. The molecule has 0 amide bonds. The van der Waals surface area contributed by atoms with Crippen LogP contribution in [0.15, 0.2) is 34.3 Å². The number of nitro groups is 1. The summed E-state index contributed by atoms with van der Waals surface area (Å²) in [6.45, 7) is 1.64. The molecule has 0 unspecified atom stereocenters. The molecule has 0 aliphatic rings. The van der Waals surface area contributed by atoms with Crippen molar-refractivity contribution >= 4 is 27.6 Å². The number of carboxylic acid groups (broad SMARTS) is 1. The van der Waals surface area contributed by atoms with Gasteiger partial charge in [-0.05, 0) is 34.5 Å². The molecule has 0 saturated heterocycles. The topological polar surface area (TPSA) is 89.7 Å². The number of carboxylic acids is 1. The highest BCUT2D eigenvalue weighted by Crippen LogP contribution is 2.29. The van der Waals surface area contributed by atoms with E-state index in [1.807, 2.05) is 0 Å². The fourth-order valence-electron chi connectivity index (χ4n) is 1.16. The molecule has 0 aliphatic heterocycles. The monoisotopic (exact) mass is 315 g/mol. The number of hydrogen-bond donors (Lipinski definition) is 1. The maximum absolute atomic E-state index is 10.6. The van der Waals surface area contributed by atoms with Crippen LogP contribution >= 0.6 is 15.9 Å². The SMILES string of the molecule is C/C(=C/C(=O)O)COc1cc([N+](=O)[O-])ccc1Br. The Morgan fingerprint density at radius 1 is 1.61 bits per heavy atom. The first-order valence-electron chi connectivity index (χ1n) is 4.87. The Balaban J connectivity index is 2.81. The quantitative estimate of drug-likeness (QED) is 0.512. The lowest BCUT2D eigenvalue weighted by molar-refractivity contribution is -0.384. The second kappa shape index (κ2) is 6.15. The maximum Gasteiger partial charge on any atom is 0.328 e. The summed E-state index contributed by atoms with van der Waals surface area (Å²) < 4.78 is 5.87. The van der Waals surface area contributed by atoms with Crippen LogP contribution in [0.3, 0.4) is 0 Å². The Kier molecular flexibility index (Phi) is 4.85. The average Bonchev–Trinajstić information content (AvgIpc) is 2.26.